The number of thiazole rings is 1. The first-order chi connectivity index (χ1) is 9.47. The van der Waals surface area contributed by atoms with Gasteiger partial charge in [0.2, 0.25) is 0 Å². The van der Waals surface area contributed by atoms with Gasteiger partial charge in [-0.1, -0.05) is 23.7 Å². The SMILES string of the molecule is O=C(O)C(Cc1cccc(Cl)c1)c1ncc([N+](=O)[O-])s1. The van der Waals surface area contributed by atoms with Gasteiger partial charge in [-0.05, 0) is 35.5 Å². The molecule has 1 atom stereocenters. The van der Waals surface area contributed by atoms with E-state index in [1.54, 1.807) is 24.3 Å². The average molecular weight is 313 g/mol. The molecule has 8 heteroatoms. The van der Waals surface area contributed by atoms with Crippen molar-refractivity contribution in [1.29, 1.82) is 0 Å². The summed E-state index contributed by atoms with van der Waals surface area (Å²) < 4.78 is 0. The minimum Gasteiger partial charge on any atom is -0.481 e. The smallest absolute Gasteiger partial charge is 0.343 e. The third-order valence-corrected chi connectivity index (χ3v) is 3.91. The molecule has 0 aliphatic heterocycles. The van der Waals surface area contributed by atoms with Gasteiger partial charge in [-0.3, -0.25) is 14.9 Å². The second kappa shape index (κ2) is 5.98. The fourth-order valence-corrected chi connectivity index (χ4v) is 2.74. The van der Waals surface area contributed by atoms with Crippen molar-refractivity contribution < 1.29 is 14.8 Å². The van der Waals surface area contributed by atoms with Crippen molar-refractivity contribution in [2.45, 2.75) is 12.3 Å². The molecule has 0 amide bonds. The van der Waals surface area contributed by atoms with Crippen LogP contribution in [0.3, 0.4) is 0 Å². The average Bonchev–Trinajstić information content (AvgIpc) is 2.85. The molecule has 0 aliphatic carbocycles. The molecule has 2 rings (SSSR count). The van der Waals surface area contributed by atoms with E-state index in [9.17, 15) is 20.0 Å². The number of hydrogen-bond donors (Lipinski definition) is 1. The Kier molecular flexibility index (Phi) is 4.31. The third-order valence-electron chi connectivity index (χ3n) is 2.62. The summed E-state index contributed by atoms with van der Waals surface area (Å²) in [7, 11) is 0. The van der Waals surface area contributed by atoms with E-state index in [4.69, 9.17) is 11.6 Å². The molecular weight excluding hydrogens is 304 g/mol. The highest BCUT2D eigenvalue weighted by molar-refractivity contribution is 7.15. The normalized spacial score (nSPS) is 12.1. The molecule has 0 fully saturated rings. The Balaban J connectivity index is 2.27. The van der Waals surface area contributed by atoms with Crippen LogP contribution in [0.15, 0.2) is 30.5 Å². The van der Waals surface area contributed by atoms with Gasteiger partial charge in [-0.2, -0.15) is 0 Å². The maximum atomic E-state index is 11.3. The molecule has 1 unspecified atom stereocenters. The number of hydrogen-bond acceptors (Lipinski definition) is 5. The van der Waals surface area contributed by atoms with Crippen molar-refractivity contribution in [3.05, 3.63) is 56.2 Å². The molecule has 0 saturated heterocycles. The topological polar surface area (TPSA) is 93.3 Å². The highest BCUT2D eigenvalue weighted by atomic mass is 35.5. The molecule has 0 spiro atoms. The third kappa shape index (κ3) is 3.31. The van der Waals surface area contributed by atoms with Crippen LogP contribution in [0.4, 0.5) is 5.00 Å². The highest BCUT2D eigenvalue weighted by Gasteiger charge is 2.26. The van der Waals surface area contributed by atoms with E-state index < -0.39 is 16.8 Å². The van der Waals surface area contributed by atoms with Crippen molar-refractivity contribution in [1.82, 2.24) is 4.98 Å². The van der Waals surface area contributed by atoms with Crippen molar-refractivity contribution in [3.8, 4) is 0 Å². The Morgan fingerprint density at radius 3 is 2.85 bits per heavy atom. The molecule has 1 N–H and O–H groups in total. The van der Waals surface area contributed by atoms with Gasteiger partial charge in [0, 0.05) is 5.02 Å². The highest BCUT2D eigenvalue weighted by Crippen LogP contribution is 2.30. The molecular formula is C12H9ClN2O4S. The molecule has 1 aromatic heterocycles. The van der Waals surface area contributed by atoms with Gasteiger partial charge in [0.25, 0.3) is 0 Å². The Morgan fingerprint density at radius 2 is 2.30 bits per heavy atom. The summed E-state index contributed by atoms with van der Waals surface area (Å²) in [5, 5.41) is 20.4. The van der Waals surface area contributed by atoms with Crippen molar-refractivity contribution in [2.24, 2.45) is 0 Å². The number of carboxylic acid groups (broad SMARTS) is 1. The van der Waals surface area contributed by atoms with Crippen LogP contribution in [0, 0.1) is 10.1 Å². The number of carboxylic acids is 1. The Labute approximate surface area is 122 Å². The molecule has 20 heavy (non-hydrogen) atoms. The van der Waals surface area contributed by atoms with E-state index >= 15 is 0 Å². The minimum atomic E-state index is -1.07. The Morgan fingerprint density at radius 1 is 1.55 bits per heavy atom. The van der Waals surface area contributed by atoms with Gasteiger partial charge >= 0.3 is 11.0 Å². The van der Waals surface area contributed by atoms with Gasteiger partial charge in [0.05, 0.1) is 4.92 Å². The van der Waals surface area contributed by atoms with E-state index in [1.807, 2.05) is 0 Å². The molecule has 104 valence electrons. The van der Waals surface area contributed by atoms with Crippen LogP contribution in [-0.2, 0) is 11.2 Å². The molecule has 6 nitrogen and oxygen atoms in total. The zero-order valence-corrected chi connectivity index (χ0v) is 11.6. The summed E-state index contributed by atoms with van der Waals surface area (Å²) in [6.07, 6.45) is 1.26. The number of nitrogens with zero attached hydrogens (tertiary/aromatic N) is 2. The lowest BCUT2D eigenvalue weighted by Crippen LogP contribution is -2.14. The second-order valence-corrected chi connectivity index (χ2v) is 5.50. The maximum absolute atomic E-state index is 11.3. The van der Waals surface area contributed by atoms with Crippen LogP contribution in [-0.4, -0.2) is 21.0 Å². The van der Waals surface area contributed by atoms with Gasteiger partial charge < -0.3 is 5.11 Å². The fourth-order valence-electron chi connectivity index (χ4n) is 1.70. The fraction of sp³-hybridized carbons (Fsp3) is 0.167. The lowest BCUT2D eigenvalue weighted by Gasteiger charge is -2.09. The predicted molar refractivity (Wildman–Crippen MR) is 74.3 cm³/mol. The van der Waals surface area contributed by atoms with E-state index in [0.29, 0.717) is 5.02 Å². The van der Waals surface area contributed by atoms with Crippen LogP contribution in [0.25, 0.3) is 0 Å². The summed E-state index contributed by atoms with van der Waals surface area (Å²) in [5.41, 5.74) is 0.739. The monoisotopic (exact) mass is 312 g/mol. The number of aliphatic carboxylic acids is 1. The van der Waals surface area contributed by atoms with E-state index in [0.717, 1.165) is 23.1 Å². The summed E-state index contributed by atoms with van der Waals surface area (Å²) in [6, 6.07) is 6.83. The van der Waals surface area contributed by atoms with Crippen LogP contribution in [0.5, 0.6) is 0 Å². The number of rotatable bonds is 5. The molecule has 0 bridgehead atoms. The summed E-state index contributed by atoms with van der Waals surface area (Å²) in [5.74, 6) is -2.00. The Bertz CT molecular complexity index is 658. The summed E-state index contributed by atoms with van der Waals surface area (Å²) >= 11 is 6.63. The second-order valence-electron chi connectivity index (χ2n) is 4.02. The standard InChI is InChI=1S/C12H9ClN2O4S/c13-8-3-1-2-7(4-8)5-9(12(16)17)11-14-6-10(20-11)15(18)19/h1-4,6,9H,5H2,(H,16,17). The zero-order valence-electron chi connectivity index (χ0n) is 10.0. The number of nitro groups is 1. The first-order valence-corrected chi connectivity index (χ1v) is 6.74. The quantitative estimate of drug-likeness (QED) is 0.676. The molecule has 0 aliphatic rings. The molecule has 1 heterocycles. The molecule has 0 radical (unpaired) electrons. The van der Waals surface area contributed by atoms with E-state index in [1.165, 1.54) is 0 Å². The maximum Gasteiger partial charge on any atom is 0.343 e. The Hall–Kier alpha value is -1.99. The number of benzene rings is 1. The molecule has 0 saturated carbocycles. The molecule has 1 aromatic carbocycles. The minimum absolute atomic E-state index is 0.169. The van der Waals surface area contributed by atoms with Crippen molar-refractivity contribution in [2.75, 3.05) is 0 Å². The number of aromatic nitrogens is 1. The van der Waals surface area contributed by atoms with Crippen LogP contribution < -0.4 is 0 Å². The van der Waals surface area contributed by atoms with E-state index in [-0.39, 0.29) is 16.4 Å². The van der Waals surface area contributed by atoms with Crippen molar-refractivity contribution in [3.63, 3.8) is 0 Å². The first-order valence-electron chi connectivity index (χ1n) is 5.54. The van der Waals surface area contributed by atoms with Crippen LogP contribution >= 0.6 is 22.9 Å². The number of carbonyl (C=O) groups is 1. The largest absolute Gasteiger partial charge is 0.481 e. The van der Waals surface area contributed by atoms with Gasteiger partial charge in [0.15, 0.2) is 0 Å². The summed E-state index contributed by atoms with van der Waals surface area (Å²) in [6.45, 7) is 0. The summed E-state index contributed by atoms with van der Waals surface area (Å²) in [4.78, 5) is 25.2. The lowest BCUT2D eigenvalue weighted by atomic mass is 10.0. The van der Waals surface area contributed by atoms with Crippen LogP contribution in [0.1, 0.15) is 16.5 Å². The molecule has 2 aromatic rings. The lowest BCUT2D eigenvalue weighted by molar-refractivity contribution is -0.380. The van der Waals surface area contributed by atoms with Crippen LogP contribution in [0.2, 0.25) is 5.02 Å². The predicted octanol–water partition coefficient (Wildman–Crippen LogP) is 3.12. The van der Waals surface area contributed by atoms with Gasteiger partial charge in [-0.25, -0.2) is 4.98 Å². The number of halogens is 1. The van der Waals surface area contributed by atoms with E-state index in [2.05, 4.69) is 4.98 Å². The van der Waals surface area contributed by atoms with Gasteiger partial charge in [-0.15, -0.1) is 0 Å². The first kappa shape index (κ1) is 14.4. The zero-order chi connectivity index (χ0) is 14.7. The van der Waals surface area contributed by atoms with Gasteiger partial charge in [0.1, 0.15) is 17.1 Å². The van der Waals surface area contributed by atoms with Crippen molar-refractivity contribution >= 4 is 33.9 Å².